The summed E-state index contributed by atoms with van der Waals surface area (Å²) < 4.78 is 26.6. The third-order valence-corrected chi connectivity index (χ3v) is 3.94. The minimum Gasteiger partial charge on any atom is -0.350 e. The first-order chi connectivity index (χ1) is 10.0. The van der Waals surface area contributed by atoms with Crippen molar-refractivity contribution in [2.45, 2.75) is 32.7 Å². The Bertz CT molecular complexity index is 502. The van der Waals surface area contributed by atoms with Crippen LogP contribution in [0.5, 0.6) is 0 Å². The average molecular weight is 297 g/mol. The van der Waals surface area contributed by atoms with Gasteiger partial charge in [0.1, 0.15) is 0 Å². The summed E-state index contributed by atoms with van der Waals surface area (Å²) in [6.45, 7) is 6.68. The van der Waals surface area contributed by atoms with Gasteiger partial charge in [-0.1, -0.05) is 13.8 Å². The van der Waals surface area contributed by atoms with Crippen molar-refractivity contribution in [3.8, 4) is 0 Å². The molecule has 0 saturated carbocycles. The summed E-state index contributed by atoms with van der Waals surface area (Å²) in [6, 6.07) is 1.40. The summed E-state index contributed by atoms with van der Waals surface area (Å²) in [6.07, 6.45) is 3.43. The van der Waals surface area contributed by atoms with Gasteiger partial charge in [-0.3, -0.25) is 9.69 Å². The molecule has 1 aliphatic rings. The van der Waals surface area contributed by atoms with Crippen LogP contribution in [0.1, 0.15) is 37.0 Å². The number of carbonyl (C=O) groups is 1. The first kappa shape index (κ1) is 15.8. The fourth-order valence-corrected chi connectivity index (χ4v) is 2.75. The van der Waals surface area contributed by atoms with E-state index < -0.39 is 17.7 Å². The van der Waals surface area contributed by atoms with Crippen LogP contribution < -0.4 is 5.32 Å². The first-order valence-electron chi connectivity index (χ1n) is 7.33. The van der Waals surface area contributed by atoms with Gasteiger partial charge in [0.2, 0.25) is 5.95 Å². The number of amides is 1. The van der Waals surface area contributed by atoms with Crippen LogP contribution >= 0.6 is 0 Å². The highest BCUT2D eigenvalue weighted by molar-refractivity contribution is 5.94. The molecule has 21 heavy (non-hydrogen) atoms. The van der Waals surface area contributed by atoms with E-state index in [-0.39, 0.29) is 11.6 Å². The maximum atomic E-state index is 13.5. The Hall–Kier alpha value is -1.56. The number of hydrogen-bond acceptors (Lipinski definition) is 3. The molecule has 1 atom stereocenters. The molecule has 0 spiro atoms. The fourth-order valence-electron chi connectivity index (χ4n) is 2.75. The monoisotopic (exact) mass is 297 g/mol. The van der Waals surface area contributed by atoms with Crippen LogP contribution in [-0.2, 0) is 0 Å². The van der Waals surface area contributed by atoms with Crippen molar-refractivity contribution in [2.75, 3.05) is 19.6 Å². The highest BCUT2D eigenvalue weighted by Crippen LogP contribution is 2.17. The van der Waals surface area contributed by atoms with Crippen molar-refractivity contribution in [1.29, 1.82) is 0 Å². The first-order valence-corrected chi connectivity index (χ1v) is 7.33. The third kappa shape index (κ3) is 3.75. The quantitative estimate of drug-likeness (QED) is 0.848. The molecule has 6 heteroatoms. The lowest BCUT2D eigenvalue weighted by atomic mass is 10.0. The number of nitrogens with zero attached hydrogens (tertiary/aromatic N) is 2. The summed E-state index contributed by atoms with van der Waals surface area (Å²) in [4.78, 5) is 17.5. The van der Waals surface area contributed by atoms with Gasteiger partial charge in [-0.25, -0.2) is 9.37 Å². The maximum Gasteiger partial charge on any atom is 0.254 e. The minimum atomic E-state index is -1.25. The number of carbonyl (C=O) groups excluding carboxylic acids is 1. The second-order valence-corrected chi connectivity index (χ2v) is 5.73. The van der Waals surface area contributed by atoms with Gasteiger partial charge in [0, 0.05) is 18.8 Å². The maximum absolute atomic E-state index is 13.5. The van der Waals surface area contributed by atoms with E-state index in [2.05, 4.69) is 29.0 Å². The molecule has 0 radical (unpaired) electrons. The van der Waals surface area contributed by atoms with E-state index in [1.54, 1.807) is 0 Å². The van der Waals surface area contributed by atoms with Crippen molar-refractivity contribution in [3.63, 3.8) is 0 Å². The van der Waals surface area contributed by atoms with Crippen LogP contribution in [0.15, 0.2) is 12.3 Å². The average Bonchev–Trinajstić information content (AvgIpc) is 2.95. The highest BCUT2D eigenvalue weighted by atomic mass is 19.2. The predicted octanol–water partition coefficient (Wildman–Crippen LogP) is 2.21. The Kier molecular flexibility index (Phi) is 5.22. The molecule has 1 aromatic rings. The van der Waals surface area contributed by atoms with Crippen molar-refractivity contribution < 1.29 is 13.6 Å². The topological polar surface area (TPSA) is 45.2 Å². The van der Waals surface area contributed by atoms with Gasteiger partial charge < -0.3 is 5.32 Å². The molecule has 2 heterocycles. The van der Waals surface area contributed by atoms with E-state index in [0.29, 0.717) is 12.5 Å². The predicted molar refractivity (Wildman–Crippen MR) is 75.9 cm³/mol. The van der Waals surface area contributed by atoms with E-state index in [9.17, 15) is 13.6 Å². The molecule has 0 aromatic carbocycles. The summed E-state index contributed by atoms with van der Waals surface area (Å²) in [7, 11) is 0. The van der Waals surface area contributed by atoms with E-state index >= 15 is 0 Å². The number of rotatable bonds is 5. The van der Waals surface area contributed by atoms with Gasteiger partial charge in [-0.15, -0.1) is 0 Å². The van der Waals surface area contributed by atoms with Crippen LogP contribution in [0.2, 0.25) is 0 Å². The molecule has 1 fully saturated rings. The molecule has 0 bridgehead atoms. The Morgan fingerprint density at radius 2 is 2.05 bits per heavy atom. The van der Waals surface area contributed by atoms with Crippen LogP contribution in [0.4, 0.5) is 8.78 Å². The lowest BCUT2D eigenvalue weighted by Gasteiger charge is -2.31. The molecular formula is C15H21F2N3O. The third-order valence-electron chi connectivity index (χ3n) is 3.94. The smallest absolute Gasteiger partial charge is 0.254 e. The number of nitrogens with one attached hydrogen (secondary N) is 1. The van der Waals surface area contributed by atoms with Crippen LogP contribution in [0, 0.1) is 17.7 Å². The lowest BCUT2D eigenvalue weighted by molar-refractivity contribution is 0.0922. The molecular weight excluding hydrogens is 276 g/mol. The van der Waals surface area contributed by atoms with E-state index in [0.717, 1.165) is 19.3 Å². The van der Waals surface area contributed by atoms with E-state index in [1.165, 1.54) is 18.9 Å². The van der Waals surface area contributed by atoms with Gasteiger partial charge in [-0.05, 0) is 37.9 Å². The number of likely N-dealkylation sites (tertiary alicyclic amines) is 1. The Morgan fingerprint density at radius 1 is 1.38 bits per heavy atom. The summed E-state index contributed by atoms with van der Waals surface area (Å²) in [5, 5.41) is 2.71. The van der Waals surface area contributed by atoms with Crippen LogP contribution in [-0.4, -0.2) is 41.5 Å². The van der Waals surface area contributed by atoms with Crippen LogP contribution in [0.3, 0.4) is 0 Å². The zero-order chi connectivity index (χ0) is 15.4. The number of pyridine rings is 1. The molecule has 1 aromatic heterocycles. The Labute approximate surface area is 123 Å². The molecule has 4 nitrogen and oxygen atoms in total. The van der Waals surface area contributed by atoms with Crippen molar-refractivity contribution in [1.82, 2.24) is 15.2 Å². The second kappa shape index (κ2) is 6.93. The lowest BCUT2D eigenvalue weighted by Crippen LogP contribution is -2.45. The van der Waals surface area contributed by atoms with Gasteiger partial charge in [0.15, 0.2) is 5.82 Å². The van der Waals surface area contributed by atoms with Gasteiger partial charge in [-0.2, -0.15) is 4.39 Å². The standard InChI is InChI=1S/C15H21F2N3O/c1-10(2)12(20-7-3-4-8-20)9-19-15(21)11-5-6-18-14(17)13(11)16/h5-6,10,12H,3-4,7-9H2,1-2H3,(H,19,21). The second-order valence-electron chi connectivity index (χ2n) is 5.73. The number of aromatic nitrogens is 1. The molecule has 1 N–H and O–H groups in total. The van der Waals surface area contributed by atoms with Crippen molar-refractivity contribution in [2.24, 2.45) is 5.92 Å². The molecule has 1 unspecified atom stereocenters. The normalized spacial score (nSPS) is 17.2. The summed E-state index contributed by atoms with van der Waals surface area (Å²) in [5.41, 5.74) is -0.300. The minimum absolute atomic E-state index is 0.214. The van der Waals surface area contributed by atoms with E-state index in [1.807, 2.05) is 0 Å². The zero-order valence-corrected chi connectivity index (χ0v) is 12.4. The van der Waals surface area contributed by atoms with Crippen molar-refractivity contribution >= 4 is 5.91 Å². The molecule has 116 valence electrons. The Balaban J connectivity index is 2.00. The largest absolute Gasteiger partial charge is 0.350 e. The fraction of sp³-hybridized carbons (Fsp3) is 0.600. The summed E-state index contributed by atoms with van der Waals surface area (Å²) in [5.74, 6) is -2.67. The summed E-state index contributed by atoms with van der Waals surface area (Å²) >= 11 is 0. The number of hydrogen-bond donors (Lipinski definition) is 1. The van der Waals surface area contributed by atoms with Crippen LogP contribution in [0.25, 0.3) is 0 Å². The number of halogens is 2. The highest BCUT2D eigenvalue weighted by Gasteiger charge is 2.25. The van der Waals surface area contributed by atoms with Gasteiger partial charge >= 0.3 is 0 Å². The molecule has 1 saturated heterocycles. The zero-order valence-electron chi connectivity index (χ0n) is 12.4. The Morgan fingerprint density at radius 3 is 2.67 bits per heavy atom. The molecule has 0 aliphatic carbocycles. The molecule has 1 amide bonds. The van der Waals surface area contributed by atoms with Gasteiger partial charge in [0.05, 0.1) is 5.56 Å². The molecule has 1 aliphatic heterocycles. The molecule has 2 rings (SSSR count). The van der Waals surface area contributed by atoms with Crippen molar-refractivity contribution in [3.05, 3.63) is 29.6 Å². The van der Waals surface area contributed by atoms with E-state index in [4.69, 9.17) is 0 Å². The SMILES string of the molecule is CC(C)C(CNC(=O)c1ccnc(F)c1F)N1CCCC1. The van der Waals surface area contributed by atoms with Gasteiger partial charge in [0.25, 0.3) is 5.91 Å².